The molecule has 0 aliphatic heterocycles. The number of rotatable bonds is 5. The smallest absolute Gasteiger partial charge is 0.119 e. The average molecular weight is 254 g/mol. The predicted molar refractivity (Wildman–Crippen MR) is 71.0 cm³/mol. The summed E-state index contributed by atoms with van der Waals surface area (Å²) in [5, 5.41) is 3.16. The first-order valence-corrected chi connectivity index (χ1v) is 7.36. The van der Waals surface area contributed by atoms with E-state index >= 15 is 0 Å². The summed E-state index contributed by atoms with van der Waals surface area (Å²) in [4.78, 5) is 4.40. The molecule has 2 atom stereocenters. The van der Waals surface area contributed by atoms with Gasteiger partial charge in [0.25, 0.3) is 0 Å². The first-order valence-electron chi connectivity index (χ1n) is 6.48. The van der Waals surface area contributed by atoms with E-state index in [4.69, 9.17) is 10.5 Å². The molecule has 0 aromatic carbocycles. The molecule has 1 fully saturated rings. The largest absolute Gasteiger partial charge is 0.374 e. The van der Waals surface area contributed by atoms with Gasteiger partial charge in [-0.25, -0.2) is 4.98 Å². The molecular formula is C13H22N2OS. The quantitative estimate of drug-likeness (QED) is 0.879. The van der Waals surface area contributed by atoms with Crippen LogP contribution in [0.1, 0.15) is 36.4 Å². The van der Waals surface area contributed by atoms with Gasteiger partial charge in [0.2, 0.25) is 0 Å². The summed E-state index contributed by atoms with van der Waals surface area (Å²) in [6.07, 6.45) is 5.23. The van der Waals surface area contributed by atoms with Gasteiger partial charge in [-0.15, -0.1) is 11.3 Å². The van der Waals surface area contributed by atoms with Gasteiger partial charge >= 0.3 is 0 Å². The molecule has 2 rings (SSSR count). The number of nitrogens with zero attached hydrogens (tertiary/aromatic N) is 1. The van der Waals surface area contributed by atoms with E-state index in [2.05, 4.69) is 10.4 Å². The molecule has 0 radical (unpaired) electrons. The van der Waals surface area contributed by atoms with Gasteiger partial charge in [-0.1, -0.05) is 12.8 Å². The van der Waals surface area contributed by atoms with Crippen molar-refractivity contribution in [1.82, 2.24) is 4.98 Å². The van der Waals surface area contributed by atoms with Crippen LogP contribution in [0.3, 0.4) is 0 Å². The van der Waals surface area contributed by atoms with Crippen molar-refractivity contribution in [2.75, 3.05) is 13.2 Å². The van der Waals surface area contributed by atoms with Gasteiger partial charge in [-0.2, -0.15) is 0 Å². The van der Waals surface area contributed by atoms with Gasteiger partial charge in [-0.3, -0.25) is 0 Å². The molecule has 1 heterocycles. The Hall–Kier alpha value is -0.450. The Labute approximate surface area is 107 Å². The zero-order chi connectivity index (χ0) is 12.1. The van der Waals surface area contributed by atoms with E-state index < -0.39 is 0 Å². The lowest BCUT2D eigenvalue weighted by Gasteiger charge is -2.30. The van der Waals surface area contributed by atoms with E-state index in [0.717, 1.165) is 23.9 Å². The van der Waals surface area contributed by atoms with Crippen LogP contribution in [-0.2, 0) is 11.3 Å². The van der Waals surface area contributed by atoms with Crippen molar-refractivity contribution >= 4 is 11.3 Å². The van der Waals surface area contributed by atoms with Gasteiger partial charge in [0.15, 0.2) is 0 Å². The van der Waals surface area contributed by atoms with E-state index in [0.29, 0.717) is 18.4 Å². The van der Waals surface area contributed by atoms with Gasteiger partial charge in [0.05, 0.1) is 13.2 Å². The zero-order valence-electron chi connectivity index (χ0n) is 10.5. The molecule has 0 saturated heterocycles. The normalized spacial score (nSPS) is 25.1. The first-order chi connectivity index (χ1) is 8.29. The van der Waals surface area contributed by atoms with Crippen molar-refractivity contribution in [3.63, 3.8) is 0 Å². The summed E-state index contributed by atoms with van der Waals surface area (Å²) in [5.41, 5.74) is 6.90. The summed E-state index contributed by atoms with van der Waals surface area (Å²) in [6.45, 7) is 4.34. The number of nitrogens with two attached hydrogens (primary N) is 1. The number of ether oxygens (including phenoxy) is 1. The highest BCUT2D eigenvalue weighted by molar-refractivity contribution is 7.09. The van der Waals surface area contributed by atoms with E-state index in [-0.39, 0.29) is 0 Å². The molecule has 2 unspecified atom stereocenters. The fourth-order valence-corrected chi connectivity index (χ4v) is 3.29. The highest BCUT2D eigenvalue weighted by atomic mass is 32.1. The maximum atomic E-state index is 5.81. The molecule has 2 N–H and O–H groups in total. The van der Waals surface area contributed by atoms with Crippen molar-refractivity contribution in [3.05, 3.63) is 16.1 Å². The lowest BCUT2D eigenvalue weighted by atomic mass is 9.80. The maximum absolute atomic E-state index is 5.81. The highest BCUT2D eigenvalue weighted by Gasteiger charge is 2.23. The minimum atomic E-state index is 0.659. The molecule has 0 amide bonds. The molecule has 1 aliphatic rings. The second-order valence-electron chi connectivity index (χ2n) is 4.94. The van der Waals surface area contributed by atoms with Gasteiger partial charge in [-0.05, 0) is 38.1 Å². The van der Waals surface area contributed by atoms with E-state index in [1.807, 2.05) is 6.92 Å². The predicted octanol–water partition coefficient (Wildman–Crippen LogP) is 2.73. The summed E-state index contributed by atoms with van der Waals surface area (Å²) >= 11 is 1.68. The van der Waals surface area contributed by atoms with Gasteiger partial charge < -0.3 is 10.5 Å². The van der Waals surface area contributed by atoms with Gasteiger partial charge in [0, 0.05) is 11.1 Å². The van der Waals surface area contributed by atoms with Crippen LogP contribution in [0.2, 0.25) is 0 Å². The lowest BCUT2D eigenvalue weighted by molar-refractivity contribution is 0.0511. The van der Waals surface area contributed by atoms with Crippen LogP contribution < -0.4 is 5.73 Å². The molecule has 1 aromatic rings. The SMILES string of the molecule is Cc1csc(COCC2CCCCC2CN)n1. The molecule has 1 aliphatic carbocycles. The van der Waals surface area contributed by atoms with Crippen molar-refractivity contribution in [2.24, 2.45) is 17.6 Å². The fraction of sp³-hybridized carbons (Fsp3) is 0.769. The minimum absolute atomic E-state index is 0.659. The van der Waals surface area contributed by atoms with Crippen LogP contribution in [0.25, 0.3) is 0 Å². The number of thiazole rings is 1. The molecule has 1 aromatic heterocycles. The second kappa shape index (κ2) is 6.47. The Morgan fingerprint density at radius 1 is 1.41 bits per heavy atom. The third kappa shape index (κ3) is 3.76. The number of aryl methyl sites for hydroxylation is 1. The topological polar surface area (TPSA) is 48.1 Å². The fourth-order valence-electron chi connectivity index (χ4n) is 2.58. The van der Waals surface area contributed by atoms with Gasteiger partial charge in [0.1, 0.15) is 5.01 Å². The van der Waals surface area contributed by atoms with Crippen LogP contribution in [0.15, 0.2) is 5.38 Å². The first kappa shape index (κ1) is 13.0. The minimum Gasteiger partial charge on any atom is -0.374 e. The molecular weight excluding hydrogens is 232 g/mol. The molecule has 0 bridgehead atoms. The van der Waals surface area contributed by atoms with Crippen LogP contribution in [0.4, 0.5) is 0 Å². The lowest BCUT2D eigenvalue weighted by Crippen LogP contribution is -2.29. The Morgan fingerprint density at radius 2 is 2.18 bits per heavy atom. The summed E-state index contributed by atoms with van der Waals surface area (Å²) in [7, 11) is 0. The summed E-state index contributed by atoms with van der Waals surface area (Å²) < 4.78 is 5.80. The van der Waals surface area contributed by atoms with Crippen molar-refractivity contribution < 1.29 is 4.74 Å². The monoisotopic (exact) mass is 254 g/mol. The highest BCUT2D eigenvalue weighted by Crippen LogP contribution is 2.29. The van der Waals surface area contributed by atoms with E-state index in [9.17, 15) is 0 Å². The van der Waals surface area contributed by atoms with E-state index in [1.54, 1.807) is 11.3 Å². The molecule has 0 spiro atoms. The zero-order valence-corrected chi connectivity index (χ0v) is 11.3. The average Bonchev–Trinajstić information content (AvgIpc) is 2.76. The Kier molecular flexibility index (Phi) is 4.95. The van der Waals surface area contributed by atoms with Crippen LogP contribution in [-0.4, -0.2) is 18.1 Å². The molecule has 17 heavy (non-hydrogen) atoms. The van der Waals surface area contributed by atoms with Crippen molar-refractivity contribution in [1.29, 1.82) is 0 Å². The maximum Gasteiger partial charge on any atom is 0.119 e. The number of aromatic nitrogens is 1. The van der Waals surface area contributed by atoms with Crippen LogP contribution >= 0.6 is 11.3 Å². The summed E-state index contributed by atoms with van der Waals surface area (Å²) in [5.74, 6) is 1.33. The van der Waals surface area contributed by atoms with Crippen LogP contribution in [0, 0.1) is 18.8 Å². The molecule has 4 heteroatoms. The molecule has 96 valence electrons. The second-order valence-corrected chi connectivity index (χ2v) is 5.88. The summed E-state index contributed by atoms with van der Waals surface area (Å²) in [6, 6.07) is 0. The Morgan fingerprint density at radius 3 is 2.82 bits per heavy atom. The van der Waals surface area contributed by atoms with Crippen molar-refractivity contribution in [3.8, 4) is 0 Å². The third-order valence-electron chi connectivity index (χ3n) is 3.59. The molecule has 1 saturated carbocycles. The third-order valence-corrected chi connectivity index (χ3v) is 4.53. The number of hydrogen-bond acceptors (Lipinski definition) is 4. The Bertz CT molecular complexity index is 340. The molecule has 3 nitrogen and oxygen atoms in total. The van der Waals surface area contributed by atoms with Crippen molar-refractivity contribution in [2.45, 2.75) is 39.2 Å². The van der Waals surface area contributed by atoms with Crippen LogP contribution in [0.5, 0.6) is 0 Å². The number of hydrogen-bond donors (Lipinski definition) is 1. The Balaban J connectivity index is 1.73. The standard InChI is InChI=1S/C13H22N2OS/c1-10-9-17-13(15-10)8-16-7-12-5-3-2-4-11(12)6-14/h9,11-12H,2-8,14H2,1H3. The van der Waals surface area contributed by atoms with E-state index in [1.165, 1.54) is 25.7 Å².